The summed E-state index contributed by atoms with van der Waals surface area (Å²) in [5.74, 6) is 0.649. The highest BCUT2D eigenvalue weighted by molar-refractivity contribution is 6.74. The van der Waals surface area contributed by atoms with Gasteiger partial charge in [0, 0.05) is 30.6 Å². The monoisotopic (exact) mass is 396 g/mol. The van der Waals surface area contributed by atoms with Crippen LogP contribution in [-0.2, 0) is 4.43 Å². The van der Waals surface area contributed by atoms with Crippen molar-refractivity contribution in [1.82, 2.24) is 15.3 Å². The highest BCUT2D eigenvalue weighted by atomic mass is 28.4. The van der Waals surface area contributed by atoms with Crippen LogP contribution in [0.15, 0.2) is 36.7 Å². The Morgan fingerprint density at radius 1 is 1.29 bits per heavy atom. The van der Waals surface area contributed by atoms with Gasteiger partial charge in [0.2, 0.25) is 0 Å². The molecule has 2 N–H and O–H groups in total. The van der Waals surface area contributed by atoms with Crippen LogP contribution in [0.2, 0.25) is 18.1 Å². The van der Waals surface area contributed by atoms with E-state index in [0.29, 0.717) is 12.0 Å². The fourth-order valence-electron chi connectivity index (χ4n) is 2.94. The van der Waals surface area contributed by atoms with E-state index in [1.54, 1.807) is 6.20 Å². The summed E-state index contributed by atoms with van der Waals surface area (Å²) in [6.45, 7) is 12.3. The summed E-state index contributed by atoms with van der Waals surface area (Å²) in [6.07, 6.45) is 7.23. The number of para-hydroxylation sites is 2. The van der Waals surface area contributed by atoms with Gasteiger partial charge in [-0.25, -0.2) is 4.98 Å². The molecule has 2 unspecified atom stereocenters. The van der Waals surface area contributed by atoms with Crippen LogP contribution >= 0.6 is 0 Å². The first-order chi connectivity index (χ1) is 13.2. The minimum absolute atomic E-state index is 0.261. The van der Waals surface area contributed by atoms with Crippen LogP contribution in [0.3, 0.4) is 0 Å². The van der Waals surface area contributed by atoms with Gasteiger partial charge in [0.15, 0.2) is 8.32 Å². The van der Waals surface area contributed by atoms with Crippen molar-refractivity contribution in [2.75, 3.05) is 6.61 Å². The summed E-state index contributed by atoms with van der Waals surface area (Å²) in [7, 11) is -1.65. The summed E-state index contributed by atoms with van der Waals surface area (Å²) in [4.78, 5) is 9.07. The maximum Gasteiger partial charge on any atom is 0.191 e. The maximum absolute atomic E-state index is 7.74. The summed E-state index contributed by atoms with van der Waals surface area (Å²) in [5.41, 5.74) is 3.19. The number of allylic oxidation sites excluding steroid dienone is 1. The predicted octanol–water partition coefficient (Wildman–Crippen LogP) is 5.01. The van der Waals surface area contributed by atoms with E-state index in [1.807, 2.05) is 30.5 Å². The molecule has 5 nitrogen and oxygen atoms in total. The van der Waals surface area contributed by atoms with E-state index >= 15 is 0 Å². The van der Waals surface area contributed by atoms with Gasteiger partial charge >= 0.3 is 0 Å². The Hall–Kier alpha value is -2.05. The van der Waals surface area contributed by atoms with Crippen molar-refractivity contribution in [1.29, 1.82) is 5.41 Å². The summed E-state index contributed by atoms with van der Waals surface area (Å²) >= 11 is 0. The molecule has 1 fully saturated rings. The Morgan fingerprint density at radius 2 is 2.00 bits per heavy atom. The number of fused-ring (bicyclic) bond motifs is 1. The molecule has 2 aromatic rings. The van der Waals surface area contributed by atoms with Crippen molar-refractivity contribution < 1.29 is 4.43 Å². The smallest absolute Gasteiger partial charge is 0.191 e. The molecule has 0 aliphatic heterocycles. The standard InChI is InChI=1S/C22H32N4OSi/c1-22(2,3)28(4,5)27-11-10-16-12-20(16)24-14-17(13-23)21-15-25-18-8-6-7-9-19(18)26-21/h6-9,13-16,20,23-24H,10-12H2,1-5H3/b17-14+,23-13?. The third kappa shape index (κ3) is 4.86. The SMILES string of the molecule is CC(C)(C)[Si](C)(C)OCCC1CC1N/C=C(\C=N)c1cnc2ccccc2n1. The molecule has 3 rings (SSSR count). The van der Waals surface area contributed by atoms with Gasteiger partial charge < -0.3 is 15.2 Å². The summed E-state index contributed by atoms with van der Waals surface area (Å²) in [5, 5.41) is 11.5. The van der Waals surface area contributed by atoms with E-state index in [2.05, 4.69) is 49.1 Å². The second-order valence-electron chi connectivity index (χ2n) is 9.15. The fourth-order valence-corrected chi connectivity index (χ4v) is 4.00. The molecular weight excluding hydrogens is 364 g/mol. The van der Waals surface area contributed by atoms with Gasteiger partial charge in [-0.15, -0.1) is 0 Å². The van der Waals surface area contributed by atoms with Crippen LogP contribution in [0.1, 0.15) is 39.3 Å². The van der Waals surface area contributed by atoms with Gasteiger partial charge in [-0.1, -0.05) is 32.9 Å². The van der Waals surface area contributed by atoms with E-state index in [4.69, 9.17) is 9.84 Å². The minimum Gasteiger partial charge on any atom is -0.417 e. The van der Waals surface area contributed by atoms with Gasteiger partial charge in [-0.3, -0.25) is 4.98 Å². The molecular formula is C22H32N4OSi. The van der Waals surface area contributed by atoms with Crippen LogP contribution in [0.25, 0.3) is 16.6 Å². The van der Waals surface area contributed by atoms with Gasteiger partial charge in [0.25, 0.3) is 0 Å². The van der Waals surface area contributed by atoms with Crippen LogP contribution < -0.4 is 5.32 Å². The quantitative estimate of drug-likeness (QED) is 0.486. The Kier molecular flexibility index (Phi) is 6.00. The van der Waals surface area contributed by atoms with Crippen LogP contribution in [0.4, 0.5) is 0 Å². The first kappa shape index (κ1) is 20.7. The maximum atomic E-state index is 7.74. The molecule has 1 aromatic carbocycles. The van der Waals surface area contributed by atoms with Crippen LogP contribution in [-0.4, -0.2) is 37.1 Å². The molecule has 6 heteroatoms. The summed E-state index contributed by atoms with van der Waals surface area (Å²) in [6, 6.07) is 8.26. The molecule has 2 atom stereocenters. The largest absolute Gasteiger partial charge is 0.417 e. The van der Waals surface area contributed by atoms with Gasteiger partial charge in [0.1, 0.15) is 0 Å². The molecule has 1 aromatic heterocycles. The average Bonchev–Trinajstić information content (AvgIpc) is 3.39. The van der Waals surface area contributed by atoms with E-state index in [0.717, 1.165) is 41.7 Å². The van der Waals surface area contributed by atoms with Crippen molar-refractivity contribution in [2.24, 2.45) is 5.92 Å². The average molecular weight is 397 g/mol. The molecule has 0 saturated heterocycles. The zero-order chi connectivity index (χ0) is 20.4. The topological polar surface area (TPSA) is 70.9 Å². The lowest BCUT2D eigenvalue weighted by Gasteiger charge is -2.36. The lowest BCUT2D eigenvalue weighted by atomic mass is 10.2. The highest BCUT2D eigenvalue weighted by Crippen LogP contribution is 2.38. The molecule has 1 aliphatic rings. The number of aromatic nitrogens is 2. The zero-order valence-corrected chi connectivity index (χ0v) is 18.6. The lowest BCUT2D eigenvalue weighted by Crippen LogP contribution is -2.41. The number of rotatable bonds is 8. The van der Waals surface area contributed by atoms with Crippen molar-refractivity contribution in [3.05, 3.63) is 42.4 Å². The molecule has 0 radical (unpaired) electrons. The third-order valence-corrected chi connectivity index (χ3v) is 10.6. The van der Waals surface area contributed by atoms with Crippen molar-refractivity contribution in [2.45, 2.75) is 57.8 Å². The second-order valence-corrected chi connectivity index (χ2v) is 14.0. The Labute approximate surface area is 169 Å². The normalized spacial score (nSPS) is 20.2. The molecule has 0 spiro atoms. The first-order valence-electron chi connectivity index (χ1n) is 10.0. The van der Waals surface area contributed by atoms with Gasteiger partial charge in [-0.05, 0) is 49.0 Å². The molecule has 1 heterocycles. The number of hydrogen-bond donors (Lipinski definition) is 2. The van der Waals surface area contributed by atoms with Gasteiger partial charge in [-0.2, -0.15) is 0 Å². The molecule has 150 valence electrons. The van der Waals surface area contributed by atoms with E-state index in [1.165, 1.54) is 6.21 Å². The second kappa shape index (κ2) is 8.13. The number of hydrogen-bond acceptors (Lipinski definition) is 5. The Morgan fingerprint density at radius 3 is 2.68 bits per heavy atom. The summed E-state index contributed by atoms with van der Waals surface area (Å²) < 4.78 is 6.29. The molecule has 0 amide bonds. The van der Waals surface area contributed by atoms with Crippen molar-refractivity contribution in [3.63, 3.8) is 0 Å². The van der Waals surface area contributed by atoms with Crippen LogP contribution in [0.5, 0.6) is 0 Å². The third-order valence-electron chi connectivity index (χ3n) is 6.03. The number of nitrogens with one attached hydrogen (secondary N) is 2. The van der Waals surface area contributed by atoms with E-state index < -0.39 is 8.32 Å². The minimum atomic E-state index is -1.65. The molecule has 1 aliphatic carbocycles. The molecule has 0 bridgehead atoms. The highest BCUT2D eigenvalue weighted by Gasteiger charge is 2.39. The van der Waals surface area contributed by atoms with Crippen molar-refractivity contribution in [3.8, 4) is 0 Å². The number of benzene rings is 1. The van der Waals surface area contributed by atoms with Crippen LogP contribution in [0, 0.1) is 11.3 Å². The van der Waals surface area contributed by atoms with E-state index in [-0.39, 0.29) is 5.04 Å². The van der Waals surface area contributed by atoms with Gasteiger partial charge in [0.05, 0.1) is 22.9 Å². The lowest BCUT2D eigenvalue weighted by molar-refractivity contribution is 0.274. The Balaban J connectivity index is 1.53. The number of nitrogens with zero attached hydrogens (tertiary/aromatic N) is 2. The molecule has 1 saturated carbocycles. The zero-order valence-electron chi connectivity index (χ0n) is 17.6. The molecule has 28 heavy (non-hydrogen) atoms. The first-order valence-corrected chi connectivity index (χ1v) is 12.9. The fraction of sp³-hybridized carbons (Fsp3) is 0.500. The Bertz CT molecular complexity index is 872. The van der Waals surface area contributed by atoms with E-state index in [9.17, 15) is 0 Å². The predicted molar refractivity (Wildman–Crippen MR) is 119 cm³/mol. The van der Waals surface area contributed by atoms with Crippen molar-refractivity contribution >= 4 is 31.1 Å².